The van der Waals surface area contributed by atoms with E-state index in [2.05, 4.69) is 5.32 Å². The van der Waals surface area contributed by atoms with Crippen LogP contribution in [-0.2, 0) is 12.7 Å². The molecule has 0 aliphatic carbocycles. The van der Waals surface area contributed by atoms with Gasteiger partial charge in [0.2, 0.25) is 0 Å². The van der Waals surface area contributed by atoms with Gasteiger partial charge in [-0.15, -0.1) is 0 Å². The van der Waals surface area contributed by atoms with Crippen LogP contribution in [0.25, 0.3) is 0 Å². The van der Waals surface area contributed by atoms with Crippen molar-refractivity contribution < 1.29 is 22.0 Å². The first-order valence-electron chi connectivity index (χ1n) is 6.12. The van der Waals surface area contributed by atoms with Gasteiger partial charge >= 0.3 is 6.18 Å². The first kappa shape index (κ1) is 15.3. The molecule has 0 aliphatic heterocycles. The van der Waals surface area contributed by atoms with Crippen LogP contribution in [0.1, 0.15) is 16.7 Å². The van der Waals surface area contributed by atoms with Gasteiger partial charge in [0.05, 0.1) is 5.56 Å². The average Bonchev–Trinajstić information content (AvgIpc) is 2.35. The molecule has 0 radical (unpaired) electrons. The van der Waals surface area contributed by atoms with Crippen molar-refractivity contribution in [1.29, 1.82) is 0 Å². The Morgan fingerprint density at radius 3 is 2.14 bits per heavy atom. The highest BCUT2D eigenvalue weighted by atomic mass is 19.4. The number of anilines is 1. The molecule has 0 saturated carbocycles. The zero-order valence-electron chi connectivity index (χ0n) is 11.1. The van der Waals surface area contributed by atoms with Gasteiger partial charge in [-0.05, 0) is 42.3 Å². The van der Waals surface area contributed by atoms with Crippen LogP contribution in [0.15, 0.2) is 36.4 Å². The van der Waals surface area contributed by atoms with Crippen molar-refractivity contribution in [2.75, 3.05) is 5.32 Å². The summed E-state index contributed by atoms with van der Waals surface area (Å²) in [6.07, 6.45) is -4.44. The van der Waals surface area contributed by atoms with Crippen LogP contribution in [0.5, 0.6) is 0 Å². The third-order valence-corrected chi connectivity index (χ3v) is 2.96. The number of benzene rings is 2. The molecule has 2 aromatic rings. The fraction of sp³-hybridized carbons (Fsp3) is 0.200. The summed E-state index contributed by atoms with van der Waals surface area (Å²) in [6.45, 7) is 1.39. The first-order valence-corrected chi connectivity index (χ1v) is 6.12. The zero-order chi connectivity index (χ0) is 15.6. The summed E-state index contributed by atoms with van der Waals surface area (Å²) >= 11 is 0. The van der Waals surface area contributed by atoms with Crippen LogP contribution >= 0.6 is 0 Å². The normalized spacial score (nSPS) is 11.5. The standard InChI is InChI=1S/C15H12F5N/c1-9-2-3-13(7-14(9)15(18,19)20)21-8-10-4-11(16)6-12(17)5-10/h2-7,21H,8H2,1H3. The molecule has 21 heavy (non-hydrogen) atoms. The number of aryl methyl sites for hydroxylation is 1. The number of nitrogens with one attached hydrogen (secondary N) is 1. The highest BCUT2D eigenvalue weighted by Crippen LogP contribution is 2.33. The van der Waals surface area contributed by atoms with Crippen molar-refractivity contribution >= 4 is 5.69 Å². The Morgan fingerprint density at radius 1 is 0.952 bits per heavy atom. The van der Waals surface area contributed by atoms with Crippen LogP contribution in [0.3, 0.4) is 0 Å². The van der Waals surface area contributed by atoms with Gasteiger partial charge in [0.1, 0.15) is 11.6 Å². The van der Waals surface area contributed by atoms with Gasteiger partial charge in [0.25, 0.3) is 0 Å². The predicted octanol–water partition coefficient (Wildman–Crippen LogP) is 4.90. The lowest BCUT2D eigenvalue weighted by atomic mass is 10.1. The van der Waals surface area contributed by atoms with Gasteiger partial charge in [-0.25, -0.2) is 8.78 Å². The van der Waals surface area contributed by atoms with Crippen molar-refractivity contribution in [2.45, 2.75) is 19.6 Å². The summed E-state index contributed by atoms with van der Waals surface area (Å²) in [5.74, 6) is -1.46. The molecule has 0 bridgehead atoms. The van der Waals surface area contributed by atoms with Crippen LogP contribution in [0, 0.1) is 18.6 Å². The third-order valence-electron chi connectivity index (χ3n) is 2.96. The molecule has 0 heterocycles. The predicted molar refractivity (Wildman–Crippen MR) is 69.9 cm³/mol. The Hall–Kier alpha value is -2.11. The Labute approximate surface area is 118 Å². The van der Waals surface area contributed by atoms with E-state index in [0.717, 1.165) is 24.3 Å². The second-order valence-electron chi connectivity index (χ2n) is 4.66. The first-order chi connectivity index (χ1) is 9.75. The van der Waals surface area contributed by atoms with E-state index in [1.165, 1.54) is 19.1 Å². The minimum absolute atomic E-state index is 0.0229. The van der Waals surface area contributed by atoms with Crippen molar-refractivity contribution in [1.82, 2.24) is 0 Å². The maximum absolute atomic E-state index is 13.0. The lowest BCUT2D eigenvalue weighted by molar-refractivity contribution is -0.138. The fourth-order valence-electron chi connectivity index (χ4n) is 1.95. The van der Waals surface area contributed by atoms with Gasteiger partial charge < -0.3 is 5.32 Å². The molecule has 1 N–H and O–H groups in total. The molecule has 0 aliphatic rings. The summed E-state index contributed by atoms with van der Waals surface area (Å²) in [6, 6.07) is 6.78. The van der Waals surface area contributed by atoms with Gasteiger partial charge in [-0.2, -0.15) is 13.2 Å². The number of hydrogen-bond donors (Lipinski definition) is 1. The second-order valence-corrected chi connectivity index (χ2v) is 4.66. The lowest BCUT2D eigenvalue weighted by Crippen LogP contribution is -2.09. The van der Waals surface area contributed by atoms with E-state index in [1.807, 2.05) is 0 Å². The molecule has 0 saturated heterocycles. The Morgan fingerprint density at radius 2 is 1.57 bits per heavy atom. The fourth-order valence-corrected chi connectivity index (χ4v) is 1.95. The zero-order valence-corrected chi connectivity index (χ0v) is 11.1. The highest BCUT2D eigenvalue weighted by Gasteiger charge is 2.32. The molecule has 0 atom stereocenters. The Kier molecular flexibility index (Phi) is 4.16. The number of halogens is 5. The summed E-state index contributed by atoms with van der Waals surface area (Å²) in [5, 5.41) is 2.72. The highest BCUT2D eigenvalue weighted by molar-refractivity contribution is 5.49. The Bertz CT molecular complexity index is 629. The van der Waals surface area contributed by atoms with Crippen LogP contribution in [-0.4, -0.2) is 0 Å². The van der Waals surface area contributed by atoms with E-state index < -0.39 is 23.4 Å². The molecule has 0 fully saturated rings. The smallest absolute Gasteiger partial charge is 0.381 e. The molecular formula is C15H12F5N. The summed E-state index contributed by atoms with van der Waals surface area (Å²) < 4.78 is 64.3. The van der Waals surface area contributed by atoms with Crippen LogP contribution in [0.4, 0.5) is 27.6 Å². The van der Waals surface area contributed by atoms with E-state index in [0.29, 0.717) is 5.56 Å². The van der Waals surface area contributed by atoms with Gasteiger partial charge in [0, 0.05) is 18.3 Å². The molecule has 6 heteroatoms. The van der Waals surface area contributed by atoms with E-state index in [1.54, 1.807) is 0 Å². The van der Waals surface area contributed by atoms with E-state index in [-0.39, 0.29) is 17.8 Å². The van der Waals surface area contributed by atoms with Crippen molar-refractivity contribution in [2.24, 2.45) is 0 Å². The van der Waals surface area contributed by atoms with E-state index >= 15 is 0 Å². The maximum atomic E-state index is 13.0. The Balaban J connectivity index is 2.17. The lowest BCUT2D eigenvalue weighted by Gasteiger charge is -2.13. The maximum Gasteiger partial charge on any atom is 0.416 e. The van der Waals surface area contributed by atoms with Crippen LogP contribution in [0.2, 0.25) is 0 Å². The molecule has 0 spiro atoms. The number of hydrogen-bond acceptors (Lipinski definition) is 1. The van der Waals surface area contributed by atoms with Gasteiger partial charge in [-0.1, -0.05) is 6.07 Å². The summed E-state index contributed by atoms with van der Waals surface area (Å²) in [4.78, 5) is 0. The molecule has 1 nitrogen and oxygen atoms in total. The van der Waals surface area contributed by atoms with E-state index in [4.69, 9.17) is 0 Å². The quantitative estimate of drug-likeness (QED) is 0.795. The molecule has 2 aromatic carbocycles. The molecule has 0 aromatic heterocycles. The minimum Gasteiger partial charge on any atom is -0.381 e. The average molecular weight is 301 g/mol. The second kappa shape index (κ2) is 5.71. The topological polar surface area (TPSA) is 12.0 Å². The minimum atomic E-state index is -4.44. The van der Waals surface area contributed by atoms with E-state index in [9.17, 15) is 22.0 Å². The molecule has 112 valence electrons. The molecule has 2 rings (SSSR count). The molecular weight excluding hydrogens is 289 g/mol. The number of alkyl halides is 3. The summed E-state index contributed by atoms with van der Waals surface area (Å²) in [5.41, 5.74) is -0.0815. The van der Waals surface area contributed by atoms with Gasteiger partial charge in [-0.3, -0.25) is 0 Å². The van der Waals surface area contributed by atoms with Gasteiger partial charge in [0.15, 0.2) is 0 Å². The largest absolute Gasteiger partial charge is 0.416 e. The molecule has 0 unspecified atom stereocenters. The monoisotopic (exact) mass is 301 g/mol. The third kappa shape index (κ3) is 3.93. The number of rotatable bonds is 3. The van der Waals surface area contributed by atoms with Crippen molar-refractivity contribution in [3.05, 3.63) is 64.7 Å². The molecule has 0 amide bonds. The van der Waals surface area contributed by atoms with Crippen molar-refractivity contribution in [3.63, 3.8) is 0 Å². The van der Waals surface area contributed by atoms with Crippen LogP contribution < -0.4 is 5.32 Å². The van der Waals surface area contributed by atoms with Crippen molar-refractivity contribution in [3.8, 4) is 0 Å². The summed E-state index contributed by atoms with van der Waals surface area (Å²) in [7, 11) is 0. The SMILES string of the molecule is Cc1ccc(NCc2cc(F)cc(F)c2)cc1C(F)(F)F.